The van der Waals surface area contributed by atoms with Crippen molar-refractivity contribution in [1.29, 1.82) is 0 Å². The number of ether oxygens (including phenoxy) is 2. The fourth-order valence-electron chi connectivity index (χ4n) is 1.54. The van der Waals surface area contributed by atoms with Crippen LogP contribution < -0.4 is 0 Å². The van der Waals surface area contributed by atoms with E-state index in [4.69, 9.17) is 9.47 Å². The molecule has 1 unspecified atom stereocenters. The molecule has 1 atom stereocenters. The van der Waals surface area contributed by atoms with Gasteiger partial charge in [-0.1, -0.05) is 32.9 Å². The fourth-order valence-corrected chi connectivity index (χ4v) is 1.54. The van der Waals surface area contributed by atoms with Gasteiger partial charge < -0.3 is 9.47 Å². The number of carbonyl (C=O) groups is 1. The van der Waals surface area contributed by atoms with E-state index in [2.05, 4.69) is 22.9 Å². The Hall–Kier alpha value is -1.33. The Labute approximate surface area is 114 Å². The summed E-state index contributed by atoms with van der Waals surface area (Å²) in [5.74, 6) is -1.34. The van der Waals surface area contributed by atoms with Gasteiger partial charge in [0.1, 0.15) is 6.10 Å². The molecule has 1 rings (SSSR count). The van der Waals surface area contributed by atoms with E-state index in [1.165, 1.54) is 6.08 Å². The van der Waals surface area contributed by atoms with Crippen LogP contribution in [0.15, 0.2) is 25.3 Å². The van der Waals surface area contributed by atoms with Gasteiger partial charge >= 0.3 is 12.1 Å². The third kappa shape index (κ3) is 4.36. The van der Waals surface area contributed by atoms with Crippen molar-refractivity contribution in [2.75, 3.05) is 0 Å². The molecule has 0 aromatic rings. The van der Waals surface area contributed by atoms with Crippen LogP contribution in [0.1, 0.15) is 40.0 Å². The van der Waals surface area contributed by atoms with E-state index in [9.17, 15) is 4.79 Å². The van der Waals surface area contributed by atoms with Gasteiger partial charge in [-0.3, -0.25) is 0 Å². The van der Waals surface area contributed by atoms with Gasteiger partial charge in [-0.25, -0.2) is 4.79 Å². The van der Waals surface area contributed by atoms with Gasteiger partial charge in [0, 0.05) is 11.8 Å². The lowest BCUT2D eigenvalue weighted by atomic mass is 9.82. The molecular weight excluding hydrogens is 248 g/mol. The van der Waals surface area contributed by atoms with Gasteiger partial charge in [-0.2, -0.15) is 9.78 Å². The summed E-state index contributed by atoms with van der Waals surface area (Å²) in [5.41, 5.74) is -0.163. The summed E-state index contributed by atoms with van der Waals surface area (Å²) in [7, 11) is 0. The minimum Gasteiger partial charge on any atom is -0.430 e. The highest BCUT2D eigenvalue weighted by Crippen LogP contribution is 2.36. The van der Waals surface area contributed by atoms with Gasteiger partial charge in [0.15, 0.2) is 0 Å². The third-order valence-corrected chi connectivity index (χ3v) is 3.30. The van der Waals surface area contributed by atoms with Crippen LogP contribution >= 0.6 is 0 Å². The van der Waals surface area contributed by atoms with E-state index in [1.54, 1.807) is 6.08 Å². The van der Waals surface area contributed by atoms with Gasteiger partial charge in [-0.15, -0.1) is 13.2 Å². The van der Waals surface area contributed by atoms with Crippen molar-refractivity contribution in [1.82, 2.24) is 0 Å². The molecule has 1 fully saturated rings. The Bertz CT molecular complexity index is 344. The fraction of sp³-hybridized carbons (Fsp3) is 0.643. The summed E-state index contributed by atoms with van der Waals surface area (Å²) in [4.78, 5) is 21.0. The average molecular weight is 270 g/mol. The molecule has 108 valence electrons. The Morgan fingerprint density at radius 1 is 1.37 bits per heavy atom. The molecule has 0 spiro atoms. The van der Waals surface area contributed by atoms with E-state index in [0.29, 0.717) is 6.42 Å². The van der Waals surface area contributed by atoms with Gasteiger partial charge in [-0.05, 0) is 6.42 Å². The number of carbonyl (C=O) groups excluding carboxylic acids is 1. The molecule has 0 aliphatic carbocycles. The zero-order valence-electron chi connectivity index (χ0n) is 11.8. The largest absolute Gasteiger partial charge is 0.513 e. The smallest absolute Gasteiger partial charge is 0.430 e. The maximum Gasteiger partial charge on any atom is 0.513 e. The van der Waals surface area contributed by atoms with Crippen molar-refractivity contribution < 1.29 is 24.0 Å². The predicted octanol–water partition coefficient (Wildman–Crippen LogP) is 3.71. The third-order valence-electron chi connectivity index (χ3n) is 3.30. The lowest BCUT2D eigenvalue weighted by molar-refractivity contribution is -0.0747. The Morgan fingerprint density at radius 3 is 2.42 bits per heavy atom. The van der Waals surface area contributed by atoms with E-state index < -0.39 is 12.1 Å². The van der Waals surface area contributed by atoms with E-state index in [1.807, 2.05) is 20.8 Å². The molecule has 0 aromatic heterocycles. The van der Waals surface area contributed by atoms with Crippen LogP contribution in [-0.4, -0.2) is 18.2 Å². The summed E-state index contributed by atoms with van der Waals surface area (Å²) in [5, 5.41) is 0. The molecule has 1 heterocycles. The minimum absolute atomic E-state index is 0.163. The monoisotopic (exact) mass is 270 g/mol. The van der Waals surface area contributed by atoms with E-state index in [-0.39, 0.29) is 17.9 Å². The molecule has 0 saturated carbocycles. The van der Waals surface area contributed by atoms with Crippen LogP contribution in [0.4, 0.5) is 4.79 Å². The first-order chi connectivity index (χ1) is 8.89. The highest BCUT2D eigenvalue weighted by molar-refractivity contribution is 5.60. The van der Waals surface area contributed by atoms with Crippen molar-refractivity contribution in [3.8, 4) is 0 Å². The zero-order valence-corrected chi connectivity index (χ0v) is 11.8. The van der Waals surface area contributed by atoms with Crippen LogP contribution in [0.25, 0.3) is 0 Å². The van der Waals surface area contributed by atoms with Crippen LogP contribution in [0.2, 0.25) is 0 Å². The number of hydrogen-bond acceptors (Lipinski definition) is 5. The summed E-state index contributed by atoms with van der Waals surface area (Å²) < 4.78 is 10.3. The minimum atomic E-state index is -1.34. The molecule has 0 bridgehead atoms. The topological polar surface area (TPSA) is 60.6 Å². The van der Waals surface area contributed by atoms with Gasteiger partial charge in [0.25, 0.3) is 0 Å². The summed E-state index contributed by atoms with van der Waals surface area (Å²) in [6, 6.07) is 0. The van der Waals surface area contributed by atoms with Crippen LogP contribution in [0.3, 0.4) is 0 Å². The number of rotatable bonds is 8. The maximum absolute atomic E-state index is 11.7. The van der Waals surface area contributed by atoms with Crippen LogP contribution in [-0.2, 0) is 19.2 Å². The highest BCUT2D eigenvalue weighted by atomic mass is 17.5. The molecule has 5 nitrogen and oxygen atoms in total. The van der Waals surface area contributed by atoms with Crippen molar-refractivity contribution in [2.24, 2.45) is 5.41 Å². The van der Waals surface area contributed by atoms with E-state index >= 15 is 0 Å². The molecule has 0 N–H and O–H groups in total. The molecule has 0 amide bonds. The van der Waals surface area contributed by atoms with Gasteiger partial charge in [0.2, 0.25) is 0 Å². The van der Waals surface area contributed by atoms with Crippen molar-refractivity contribution in [3.05, 3.63) is 25.3 Å². The first-order valence-corrected chi connectivity index (χ1v) is 6.37. The molecule has 5 heteroatoms. The molecule has 1 aliphatic heterocycles. The molecule has 1 saturated heterocycles. The molecule has 0 aromatic carbocycles. The summed E-state index contributed by atoms with van der Waals surface area (Å²) in [6.07, 6.45) is 3.83. The lowest BCUT2D eigenvalue weighted by Crippen LogP contribution is -2.35. The maximum atomic E-state index is 11.7. The zero-order chi connectivity index (χ0) is 14.5. The average Bonchev–Trinajstić information content (AvgIpc) is 3.08. The predicted molar refractivity (Wildman–Crippen MR) is 70.0 cm³/mol. The van der Waals surface area contributed by atoms with E-state index in [0.717, 1.165) is 6.42 Å². The Kier molecular flexibility index (Phi) is 5.14. The molecule has 0 radical (unpaired) electrons. The highest BCUT2D eigenvalue weighted by Gasteiger charge is 2.53. The van der Waals surface area contributed by atoms with Gasteiger partial charge in [0.05, 0.1) is 6.42 Å². The Morgan fingerprint density at radius 2 is 2.00 bits per heavy atom. The molecular formula is C14H22O5. The summed E-state index contributed by atoms with van der Waals surface area (Å²) in [6.45, 7) is 13.3. The second kappa shape index (κ2) is 6.21. The normalized spacial score (nSPS) is 18.3. The number of hydrogen-bond donors (Lipinski definition) is 0. The second-order valence-corrected chi connectivity index (χ2v) is 5.17. The van der Waals surface area contributed by atoms with Crippen LogP contribution in [0, 0.1) is 5.41 Å². The van der Waals surface area contributed by atoms with Crippen molar-refractivity contribution in [2.45, 2.75) is 52.1 Å². The summed E-state index contributed by atoms with van der Waals surface area (Å²) >= 11 is 0. The second-order valence-electron chi connectivity index (χ2n) is 5.17. The first kappa shape index (κ1) is 15.7. The first-order valence-electron chi connectivity index (χ1n) is 6.37. The Balaban J connectivity index is 2.57. The standard InChI is InChI=1S/C14H22O5/c1-6-9-11(13(4,5)8-3)16-12(15)17-14(10-7-2)18-19-14/h6-7,11H,1-2,8-10H2,3-5H3. The molecule has 19 heavy (non-hydrogen) atoms. The lowest BCUT2D eigenvalue weighted by Gasteiger charge is -2.31. The van der Waals surface area contributed by atoms with Crippen LogP contribution in [0.5, 0.6) is 0 Å². The van der Waals surface area contributed by atoms with Crippen molar-refractivity contribution >= 4 is 6.16 Å². The SMILES string of the molecule is C=CCC(OC(=O)OC1(CC=C)OO1)C(C)(C)CC. The van der Waals surface area contributed by atoms with Crippen molar-refractivity contribution in [3.63, 3.8) is 0 Å². The quantitative estimate of drug-likeness (QED) is 0.291. The molecule has 1 aliphatic rings.